The summed E-state index contributed by atoms with van der Waals surface area (Å²) < 4.78 is 37.8. The van der Waals surface area contributed by atoms with Gasteiger partial charge in [-0.1, -0.05) is 17.4 Å². The zero-order valence-electron chi connectivity index (χ0n) is 15.7. The molecule has 0 unspecified atom stereocenters. The summed E-state index contributed by atoms with van der Waals surface area (Å²) in [5.74, 6) is -0.843. The number of hydrogen-bond acceptors (Lipinski definition) is 6. The third-order valence-electron chi connectivity index (χ3n) is 4.10. The standard InChI is InChI=1S/C19H20FN3O3S2/c1-22(2)9-10-23(18(24)13-5-4-6-14(20)11-13)19-21-16-8-7-15(28(3,25)26)12-17(16)27-19/h4-8,11-12H,9-10H2,1-3H3. The van der Waals surface area contributed by atoms with Crippen LogP contribution in [0.15, 0.2) is 47.4 Å². The number of sulfone groups is 1. The lowest BCUT2D eigenvalue weighted by Gasteiger charge is -2.22. The normalized spacial score (nSPS) is 11.9. The zero-order chi connectivity index (χ0) is 20.5. The van der Waals surface area contributed by atoms with Crippen LogP contribution in [-0.2, 0) is 9.84 Å². The minimum atomic E-state index is -3.34. The molecule has 0 N–H and O–H groups in total. The highest BCUT2D eigenvalue weighted by Crippen LogP contribution is 2.31. The summed E-state index contributed by atoms with van der Waals surface area (Å²) >= 11 is 1.23. The fourth-order valence-corrected chi connectivity index (χ4v) is 4.35. The van der Waals surface area contributed by atoms with Crippen molar-refractivity contribution in [1.29, 1.82) is 0 Å². The van der Waals surface area contributed by atoms with Crippen molar-refractivity contribution in [3.05, 3.63) is 53.8 Å². The summed E-state index contributed by atoms with van der Waals surface area (Å²) in [6.07, 6.45) is 1.15. The summed E-state index contributed by atoms with van der Waals surface area (Å²) in [4.78, 5) is 21.2. The van der Waals surface area contributed by atoms with Crippen LogP contribution in [0.2, 0.25) is 0 Å². The molecule has 0 radical (unpaired) electrons. The first kappa shape index (κ1) is 20.4. The molecule has 0 aliphatic rings. The Bertz CT molecular complexity index is 1130. The number of rotatable bonds is 6. The molecule has 9 heteroatoms. The molecule has 3 rings (SSSR count). The van der Waals surface area contributed by atoms with Crippen molar-refractivity contribution >= 4 is 42.4 Å². The Morgan fingerprint density at radius 3 is 2.54 bits per heavy atom. The van der Waals surface area contributed by atoms with E-state index in [0.29, 0.717) is 28.4 Å². The van der Waals surface area contributed by atoms with Crippen LogP contribution in [0.3, 0.4) is 0 Å². The van der Waals surface area contributed by atoms with Crippen molar-refractivity contribution in [2.75, 3.05) is 38.3 Å². The molecule has 0 aliphatic heterocycles. The van der Waals surface area contributed by atoms with Crippen LogP contribution in [0.4, 0.5) is 9.52 Å². The molecule has 148 valence electrons. The third-order valence-corrected chi connectivity index (χ3v) is 6.25. The summed E-state index contributed by atoms with van der Waals surface area (Å²) in [7, 11) is 0.440. The minimum Gasteiger partial charge on any atom is -0.308 e. The molecule has 0 atom stereocenters. The van der Waals surface area contributed by atoms with Crippen LogP contribution >= 0.6 is 11.3 Å². The molecule has 2 aromatic carbocycles. The van der Waals surface area contributed by atoms with E-state index in [1.54, 1.807) is 18.2 Å². The van der Waals surface area contributed by atoms with Crippen LogP contribution in [0.25, 0.3) is 10.2 Å². The first-order valence-corrected chi connectivity index (χ1v) is 11.2. The Kier molecular flexibility index (Phi) is 5.78. The number of nitrogens with zero attached hydrogens (tertiary/aromatic N) is 3. The van der Waals surface area contributed by atoms with Gasteiger partial charge >= 0.3 is 0 Å². The fraction of sp³-hybridized carbons (Fsp3) is 0.263. The highest BCUT2D eigenvalue weighted by atomic mass is 32.2. The molecular formula is C19H20FN3O3S2. The van der Waals surface area contributed by atoms with Gasteiger partial charge in [0.15, 0.2) is 15.0 Å². The highest BCUT2D eigenvalue weighted by molar-refractivity contribution is 7.90. The summed E-state index contributed by atoms with van der Waals surface area (Å²) in [6, 6.07) is 10.2. The van der Waals surface area contributed by atoms with Gasteiger partial charge in [0.2, 0.25) is 0 Å². The van der Waals surface area contributed by atoms with E-state index in [1.807, 2.05) is 19.0 Å². The predicted molar refractivity (Wildman–Crippen MR) is 109 cm³/mol. The van der Waals surface area contributed by atoms with Gasteiger partial charge in [0.1, 0.15) is 5.82 Å². The van der Waals surface area contributed by atoms with Crippen molar-refractivity contribution in [3.63, 3.8) is 0 Å². The van der Waals surface area contributed by atoms with Gasteiger partial charge in [0, 0.05) is 24.9 Å². The van der Waals surface area contributed by atoms with Crippen molar-refractivity contribution in [1.82, 2.24) is 9.88 Å². The number of carbonyl (C=O) groups is 1. The minimum absolute atomic E-state index is 0.200. The van der Waals surface area contributed by atoms with Gasteiger partial charge in [-0.2, -0.15) is 0 Å². The molecule has 0 aliphatic carbocycles. The summed E-state index contributed by atoms with van der Waals surface area (Å²) in [5.41, 5.74) is 0.837. The van der Waals surface area contributed by atoms with Gasteiger partial charge in [0.25, 0.3) is 5.91 Å². The number of carbonyl (C=O) groups excluding carboxylic acids is 1. The SMILES string of the molecule is CN(C)CCN(C(=O)c1cccc(F)c1)c1nc2ccc(S(C)(=O)=O)cc2s1. The van der Waals surface area contributed by atoms with Gasteiger partial charge in [-0.05, 0) is 50.5 Å². The molecule has 3 aromatic rings. The monoisotopic (exact) mass is 421 g/mol. The van der Waals surface area contributed by atoms with Gasteiger partial charge in [-0.3, -0.25) is 9.69 Å². The quantitative estimate of drug-likeness (QED) is 0.612. The van der Waals surface area contributed by atoms with Crippen LogP contribution < -0.4 is 4.90 Å². The van der Waals surface area contributed by atoms with E-state index in [9.17, 15) is 17.6 Å². The Morgan fingerprint density at radius 1 is 1.14 bits per heavy atom. The molecule has 1 heterocycles. The van der Waals surface area contributed by atoms with Gasteiger partial charge in [-0.15, -0.1) is 0 Å². The lowest BCUT2D eigenvalue weighted by Crippen LogP contribution is -2.36. The van der Waals surface area contributed by atoms with Gasteiger partial charge in [-0.25, -0.2) is 17.8 Å². The zero-order valence-corrected chi connectivity index (χ0v) is 17.3. The maximum atomic E-state index is 13.6. The summed E-state index contributed by atoms with van der Waals surface area (Å²) in [5, 5.41) is 0.441. The number of fused-ring (bicyclic) bond motifs is 1. The Balaban J connectivity index is 2.03. The molecule has 28 heavy (non-hydrogen) atoms. The average Bonchev–Trinajstić information content (AvgIpc) is 3.03. The summed E-state index contributed by atoms with van der Waals surface area (Å²) in [6.45, 7) is 0.951. The van der Waals surface area contributed by atoms with Gasteiger partial charge in [0.05, 0.1) is 15.1 Å². The number of halogens is 1. The second kappa shape index (κ2) is 7.94. The molecule has 0 saturated heterocycles. The molecule has 0 bridgehead atoms. The molecule has 1 aromatic heterocycles. The van der Waals surface area contributed by atoms with Crippen molar-refractivity contribution in [3.8, 4) is 0 Å². The number of anilines is 1. The number of aromatic nitrogens is 1. The van der Waals surface area contributed by atoms with E-state index in [4.69, 9.17) is 0 Å². The van der Waals surface area contributed by atoms with Crippen LogP contribution in [-0.4, -0.2) is 57.6 Å². The number of amides is 1. The van der Waals surface area contributed by atoms with E-state index in [0.717, 1.165) is 6.26 Å². The number of likely N-dealkylation sites (N-methyl/N-ethyl adjacent to an activating group) is 1. The Morgan fingerprint density at radius 2 is 1.89 bits per heavy atom. The molecule has 6 nitrogen and oxygen atoms in total. The van der Waals surface area contributed by atoms with E-state index in [-0.39, 0.29) is 16.4 Å². The molecule has 0 spiro atoms. The average molecular weight is 422 g/mol. The highest BCUT2D eigenvalue weighted by Gasteiger charge is 2.22. The smallest absolute Gasteiger partial charge is 0.260 e. The van der Waals surface area contributed by atoms with E-state index in [2.05, 4.69) is 4.98 Å². The molecular weight excluding hydrogens is 401 g/mol. The third kappa shape index (κ3) is 4.54. The van der Waals surface area contributed by atoms with Crippen molar-refractivity contribution in [2.45, 2.75) is 4.90 Å². The van der Waals surface area contributed by atoms with Crippen molar-refractivity contribution < 1.29 is 17.6 Å². The molecule has 1 amide bonds. The van der Waals surface area contributed by atoms with Crippen LogP contribution in [0.5, 0.6) is 0 Å². The predicted octanol–water partition coefficient (Wildman–Crippen LogP) is 3.05. The number of thiazole rings is 1. The van der Waals surface area contributed by atoms with Gasteiger partial charge < -0.3 is 4.90 Å². The number of hydrogen-bond donors (Lipinski definition) is 0. The maximum Gasteiger partial charge on any atom is 0.260 e. The first-order valence-electron chi connectivity index (χ1n) is 8.48. The largest absolute Gasteiger partial charge is 0.308 e. The Labute approximate surface area is 167 Å². The molecule has 0 saturated carbocycles. The lowest BCUT2D eigenvalue weighted by molar-refractivity contribution is 0.0984. The van der Waals surface area contributed by atoms with E-state index < -0.39 is 15.7 Å². The Hall–Kier alpha value is -2.36. The maximum absolute atomic E-state index is 13.6. The van der Waals surface area contributed by atoms with E-state index >= 15 is 0 Å². The lowest BCUT2D eigenvalue weighted by atomic mass is 10.2. The van der Waals surface area contributed by atoms with Crippen LogP contribution in [0.1, 0.15) is 10.4 Å². The second-order valence-electron chi connectivity index (χ2n) is 6.67. The molecule has 0 fully saturated rings. The second-order valence-corrected chi connectivity index (χ2v) is 9.69. The van der Waals surface area contributed by atoms with Crippen LogP contribution in [0, 0.1) is 5.82 Å². The topological polar surface area (TPSA) is 70.6 Å². The fourth-order valence-electron chi connectivity index (χ4n) is 2.60. The van der Waals surface area contributed by atoms with E-state index in [1.165, 1.54) is 40.5 Å². The first-order chi connectivity index (χ1) is 13.1. The van der Waals surface area contributed by atoms with Crippen molar-refractivity contribution in [2.24, 2.45) is 0 Å². The number of benzene rings is 2.